The molecular formula is C14H10F4N4O2S. The van der Waals surface area contributed by atoms with Gasteiger partial charge in [0, 0.05) is 18.7 Å². The average molecular weight is 374 g/mol. The summed E-state index contributed by atoms with van der Waals surface area (Å²) in [5, 5.41) is 7.03. The highest BCUT2D eigenvalue weighted by atomic mass is 32.1. The van der Waals surface area contributed by atoms with Gasteiger partial charge in [-0.05, 0) is 24.3 Å². The third-order valence-electron chi connectivity index (χ3n) is 3.53. The molecule has 1 aliphatic rings. The van der Waals surface area contributed by atoms with Gasteiger partial charge in [-0.1, -0.05) is 11.3 Å². The normalized spacial score (nSPS) is 17.8. The van der Waals surface area contributed by atoms with E-state index in [1.54, 1.807) is 0 Å². The van der Waals surface area contributed by atoms with Crippen molar-refractivity contribution >= 4 is 34.0 Å². The lowest BCUT2D eigenvalue weighted by atomic mass is 10.1. The molecule has 1 atom stereocenters. The fourth-order valence-corrected chi connectivity index (χ4v) is 2.96. The summed E-state index contributed by atoms with van der Waals surface area (Å²) in [6.07, 6.45) is -4.74. The number of carbonyl (C=O) groups excluding carboxylic acids is 2. The molecule has 2 amide bonds. The van der Waals surface area contributed by atoms with Crippen molar-refractivity contribution < 1.29 is 27.2 Å². The van der Waals surface area contributed by atoms with Crippen molar-refractivity contribution in [1.29, 1.82) is 0 Å². The summed E-state index contributed by atoms with van der Waals surface area (Å²) in [7, 11) is 0. The van der Waals surface area contributed by atoms with Crippen LogP contribution in [0.3, 0.4) is 0 Å². The molecule has 0 saturated carbocycles. The molecule has 25 heavy (non-hydrogen) atoms. The zero-order chi connectivity index (χ0) is 18.2. The van der Waals surface area contributed by atoms with Crippen molar-refractivity contribution in [3.8, 4) is 0 Å². The first kappa shape index (κ1) is 17.3. The van der Waals surface area contributed by atoms with Gasteiger partial charge in [0.1, 0.15) is 5.82 Å². The number of nitrogens with zero attached hydrogens (tertiary/aromatic N) is 3. The van der Waals surface area contributed by atoms with Crippen molar-refractivity contribution in [2.24, 2.45) is 5.92 Å². The molecular weight excluding hydrogens is 364 g/mol. The molecule has 1 N–H and O–H groups in total. The highest BCUT2D eigenvalue weighted by molar-refractivity contribution is 7.15. The van der Waals surface area contributed by atoms with E-state index < -0.39 is 28.8 Å². The number of benzene rings is 1. The number of nitrogens with one attached hydrogen (secondary N) is 1. The third-order valence-corrected chi connectivity index (χ3v) is 4.42. The van der Waals surface area contributed by atoms with E-state index in [2.05, 4.69) is 15.5 Å². The quantitative estimate of drug-likeness (QED) is 0.839. The van der Waals surface area contributed by atoms with Gasteiger partial charge < -0.3 is 10.2 Å². The second-order valence-electron chi connectivity index (χ2n) is 5.28. The zero-order valence-electron chi connectivity index (χ0n) is 12.4. The summed E-state index contributed by atoms with van der Waals surface area (Å²) in [6, 6.07) is 5.20. The zero-order valence-corrected chi connectivity index (χ0v) is 13.2. The molecule has 0 bridgehead atoms. The number of hydrogen-bond acceptors (Lipinski definition) is 5. The standard InChI is InChI=1S/C14H10F4N4O2S/c15-8-1-3-9(4-2-8)22-6-7(5-10(22)23)11(24)19-13-21-20-12(25-13)14(16,17)18/h1-4,7H,5-6H2,(H,19,21,24)/t7-/m1/s1. The summed E-state index contributed by atoms with van der Waals surface area (Å²) in [4.78, 5) is 25.5. The topological polar surface area (TPSA) is 75.2 Å². The monoisotopic (exact) mass is 374 g/mol. The Morgan fingerprint density at radius 3 is 2.52 bits per heavy atom. The Hall–Kier alpha value is -2.56. The van der Waals surface area contributed by atoms with Crippen LogP contribution in [-0.4, -0.2) is 28.6 Å². The van der Waals surface area contributed by atoms with Crippen LogP contribution in [0.4, 0.5) is 28.4 Å². The first-order valence-corrected chi connectivity index (χ1v) is 7.83. The molecule has 3 rings (SSSR count). The predicted octanol–water partition coefficient (Wildman–Crippen LogP) is 2.69. The molecule has 0 spiro atoms. The first-order valence-electron chi connectivity index (χ1n) is 7.01. The van der Waals surface area contributed by atoms with Crippen molar-refractivity contribution in [2.45, 2.75) is 12.6 Å². The maximum absolute atomic E-state index is 12.9. The molecule has 132 valence electrons. The minimum absolute atomic E-state index is 0.0429. The maximum Gasteiger partial charge on any atom is 0.445 e. The summed E-state index contributed by atoms with van der Waals surface area (Å²) in [5.74, 6) is -2.17. The lowest BCUT2D eigenvalue weighted by Gasteiger charge is -2.16. The van der Waals surface area contributed by atoms with Gasteiger partial charge in [0.15, 0.2) is 0 Å². The second kappa shape index (κ2) is 6.39. The Bertz CT molecular complexity index is 806. The van der Waals surface area contributed by atoms with Crippen LogP contribution in [0.2, 0.25) is 0 Å². The molecule has 6 nitrogen and oxygen atoms in total. The molecule has 0 radical (unpaired) electrons. The fraction of sp³-hybridized carbons (Fsp3) is 0.286. The molecule has 1 aromatic heterocycles. The van der Waals surface area contributed by atoms with E-state index >= 15 is 0 Å². The number of carbonyl (C=O) groups is 2. The molecule has 2 aromatic rings. The molecule has 2 heterocycles. The van der Waals surface area contributed by atoms with E-state index in [1.165, 1.54) is 29.2 Å². The van der Waals surface area contributed by atoms with Crippen LogP contribution in [0.15, 0.2) is 24.3 Å². The molecule has 1 aliphatic heterocycles. The van der Waals surface area contributed by atoms with E-state index in [0.717, 1.165) is 0 Å². The van der Waals surface area contributed by atoms with Gasteiger partial charge in [-0.3, -0.25) is 9.59 Å². The fourth-order valence-electron chi connectivity index (χ4n) is 2.35. The number of rotatable bonds is 3. The third kappa shape index (κ3) is 3.76. The molecule has 0 unspecified atom stereocenters. The first-order chi connectivity index (χ1) is 11.7. The van der Waals surface area contributed by atoms with Crippen molar-refractivity contribution in [2.75, 3.05) is 16.8 Å². The van der Waals surface area contributed by atoms with Gasteiger partial charge in [0.05, 0.1) is 5.92 Å². The number of amides is 2. The summed E-state index contributed by atoms with van der Waals surface area (Å²) in [6.45, 7) is 0.0429. The molecule has 1 saturated heterocycles. The Morgan fingerprint density at radius 1 is 1.24 bits per heavy atom. The predicted molar refractivity (Wildman–Crippen MR) is 80.4 cm³/mol. The van der Waals surface area contributed by atoms with Gasteiger partial charge in [0.25, 0.3) is 0 Å². The van der Waals surface area contributed by atoms with Crippen molar-refractivity contribution in [1.82, 2.24) is 10.2 Å². The van der Waals surface area contributed by atoms with Crippen LogP contribution in [-0.2, 0) is 15.8 Å². The summed E-state index contributed by atoms with van der Waals surface area (Å²) >= 11 is 0.207. The van der Waals surface area contributed by atoms with Crippen LogP contribution < -0.4 is 10.2 Å². The smallest absolute Gasteiger partial charge is 0.312 e. The lowest BCUT2D eigenvalue weighted by Crippen LogP contribution is -2.28. The van der Waals surface area contributed by atoms with Crippen molar-refractivity contribution in [3.63, 3.8) is 0 Å². The Labute approximate surface area is 142 Å². The van der Waals surface area contributed by atoms with Gasteiger partial charge in [-0.15, -0.1) is 10.2 Å². The molecule has 11 heteroatoms. The summed E-state index contributed by atoms with van der Waals surface area (Å²) < 4.78 is 50.4. The van der Waals surface area contributed by atoms with E-state index in [1.807, 2.05) is 0 Å². The summed E-state index contributed by atoms with van der Waals surface area (Å²) in [5.41, 5.74) is 0.442. The number of halogens is 4. The second-order valence-corrected chi connectivity index (χ2v) is 6.26. The van der Waals surface area contributed by atoms with Crippen LogP contribution in [0.1, 0.15) is 11.4 Å². The number of alkyl halides is 3. The van der Waals surface area contributed by atoms with Gasteiger partial charge >= 0.3 is 6.18 Å². The van der Waals surface area contributed by atoms with Crippen LogP contribution in [0.5, 0.6) is 0 Å². The van der Waals surface area contributed by atoms with E-state index in [0.29, 0.717) is 5.69 Å². The number of hydrogen-bond donors (Lipinski definition) is 1. The highest BCUT2D eigenvalue weighted by Crippen LogP contribution is 2.33. The molecule has 1 fully saturated rings. The van der Waals surface area contributed by atoms with E-state index in [9.17, 15) is 27.2 Å². The van der Waals surface area contributed by atoms with Crippen LogP contribution >= 0.6 is 11.3 Å². The minimum atomic E-state index is -4.64. The Kier molecular flexibility index (Phi) is 4.41. The molecule has 1 aromatic carbocycles. The lowest BCUT2D eigenvalue weighted by molar-refractivity contribution is -0.138. The van der Waals surface area contributed by atoms with Crippen LogP contribution in [0, 0.1) is 11.7 Å². The Morgan fingerprint density at radius 2 is 1.92 bits per heavy atom. The SMILES string of the molecule is O=C(Nc1nnc(C(F)(F)F)s1)[C@@H]1CC(=O)N(c2ccc(F)cc2)C1. The number of anilines is 2. The van der Waals surface area contributed by atoms with E-state index in [4.69, 9.17) is 0 Å². The largest absolute Gasteiger partial charge is 0.445 e. The highest BCUT2D eigenvalue weighted by Gasteiger charge is 2.38. The Balaban J connectivity index is 1.66. The maximum atomic E-state index is 12.9. The number of aromatic nitrogens is 2. The van der Waals surface area contributed by atoms with Gasteiger partial charge in [-0.2, -0.15) is 13.2 Å². The van der Waals surface area contributed by atoms with Crippen LogP contribution in [0.25, 0.3) is 0 Å². The van der Waals surface area contributed by atoms with E-state index in [-0.39, 0.29) is 35.3 Å². The molecule has 0 aliphatic carbocycles. The van der Waals surface area contributed by atoms with Crippen molar-refractivity contribution in [3.05, 3.63) is 35.1 Å². The van der Waals surface area contributed by atoms with Gasteiger partial charge in [0.2, 0.25) is 22.0 Å². The minimum Gasteiger partial charge on any atom is -0.312 e. The van der Waals surface area contributed by atoms with Gasteiger partial charge in [-0.25, -0.2) is 4.39 Å². The average Bonchev–Trinajstić information content (AvgIpc) is 3.15.